The molecule has 0 N–H and O–H groups in total. The smallest absolute Gasteiger partial charge is 0.306 e. The van der Waals surface area contributed by atoms with E-state index in [4.69, 9.17) is 4.74 Å². The van der Waals surface area contributed by atoms with Gasteiger partial charge in [-0.3, -0.25) is 9.59 Å². The van der Waals surface area contributed by atoms with Crippen LogP contribution in [0, 0.1) is 0 Å². The van der Waals surface area contributed by atoms with Crippen molar-refractivity contribution in [3.05, 3.63) is 36.5 Å². The van der Waals surface area contributed by atoms with Crippen LogP contribution < -0.4 is 0 Å². The Balaban J connectivity index is 3.50. The molecular weight excluding hydrogens is 360 g/mol. The molecule has 0 aromatic rings. The summed E-state index contributed by atoms with van der Waals surface area (Å²) in [5.41, 5.74) is 0. The number of carbonyl (C=O) groups excluding carboxylic acids is 2. The van der Waals surface area contributed by atoms with Gasteiger partial charge in [-0.2, -0.15) is 0 Å². The van der Waals surface area contributed by atoms with Gasteiger partial charge < -0.3 is 4.74 Å². The van der Waals surface area contributed by atoms with E-state index in [1.165, 1.54) is 38.5 Å². The zero-order valence-electron chi connectivity index (χ0n) is 19.0. The molecular formula is C26H44O3. The van der Waals surface area contributed by atoms with Crippen LogP contribution in [-0.2, 0) is 14.3 Å². The van der Waals surface area contributed by atoms with Crippen molar-refractivity contribution in [2.24, 2.45) is 0 Å². The Labute approximate surface area is 179 Å². The summed E-state index contributed by atoms with van der Waals surface area (Å²) in [6.07, 6.45) is 27.3. The van der Waals surface area contributed by atoms with E-state index in [0.29, 0.717) is 19.4 Å². The van der Waals surface area contributed by atoms with E-state index in [9.17, 15) is 9.59 Å². The molecule has 0 fully saturated rings. The van der Waals surface area contributed by atoms with Crippen molar-refractivity contribution in [2.75, 3.05) is 6.61 Å². The third-order valence-electron chi connectivity index (χ3n) is 4.78. The summed E-state index contributed by atoms with van der Waals surface area (Å²) in [5, 5.41) is 0. The number of rotatable bonds is 20. The largest absolute Gasteiger partial charge is 0.466 e. The molecule has 0 unspecified atom stereocenters. The number of allylic oxidation sites excluding steroid dienone is 6. The standard InChI is InChI=1S/C26H44O3/c1-3-5-7-9-11-12-13-14-15-16-17-19-21-25(27)22-23-26(28)29-24-20-18-10-8-6-4-2/h9,11-15H,3-8,10,16-24H2,1-2H3. The number of carbonyl (C=O) groups is 2. The minimum Gasteiger partial charge on any atom is -0.466 e. The van der Waals surface area contributed by atoms with E-state index in [2.05, 4.69) is 44.2 Å². The van der Waals surface area contributed by atoms with Crippen molar-refractivity contribution >= 4 is 11.8 Å². The first kappa shape index (κ1) is 27.4. The van der Waals surface area contributed by atoms with Gasteiger partial charge in [0.1, 0.15) is 5.78 Å². The predicted molar refractivity (Wildman–Crippen MR) is 124 cm³/mol. The Hall–Kier alpha value is -1.64. The molecule has 3 heteroatoms. The molecule has 0 spiro atoms. The Kier molecular flexibility index (Phi) is 21.4. The van der Waals surface area contributed by atoms with Crippen LogP contribution in [0.3, 0.4) is 0 Å². The molecule has 0 aliphatic carbocycles. The number of Topliss-reactive ketones (excluding diaryl/α,β-unsaturated/α-hetero) is 1. The maximum Gasteiger partial charge on any atom is 0.306 e. The molecule has 0 aliphatic heterocycles. The highest BCUT2D eigenvalue weighted by molar-refractivity contribution is 5.82. The number of hydrogen-bond donors (Lipinski definition) is 0. The monoisotopic (exact) mass is 404 g/mol. The van der Waals surface area contributed by atoms with Gasteiger partial charge in [0.15, 0.2) is 0 Å². The summed E-state index contributed by atoms with van der Waals surface area (Å²) >= 11 is 0. The molecule has 3 nitrogen and oxygen atoms in total. The third-order valence-corrected chi connectivity index (χ3v) is 4.78. The predicted octanol–water partition coefficient (Wildman–Crippen LogP) is 7.66. The molecule has 0 heterocycles. The minimum absolute atomic E-state index is 0.169. The summed E-state index contributed by atoms with van der Waals surface area (Å²) < 4.78 is 5.20. The SMILES string of the molecule is CCCCC=CC=CC=CCCCCC(=O)CCC(=O)OCCCCCCCC. The Morgan fingerprint density at radius 1 is 0.621 bits per heavy atom. The van der Waals surface area contributed by atoms with Crippen LogP contribution in [-0.4, -0.2) is 18.4 Å². The molecule has 0 aliphatic rings. The van der Waals surface area contributed by atoms with Gasteiger partial charge in [-0.25, -0.2) is 0 Å². The van der Waals surface area contributed by atoms with E-state index in [1.807, 2.05) is 6.08 Å². The van der Waals surface area contributed by atoms with Crippen molar-refractivity contribution in [1.82, 2.24) is 0 Å². The number of ether oxygens (including phenoxy) is 1. The fraction of sp³-hybridized carbons (Fsp3) is 0.692. The van der Waals surface area contributed by atoms with Crippen molar-refractivity contribution in [2.45, 2.75) is 110 Å². The number of unbranched alkanes of at least 4 members (excludes halogenated alkanes) is 9. The van der Waals surface area contributed by atoms with Crippen LogP contribution in [0.1, 0.15) is 110 Å². The average Bonchev–Trinajstić information content (AvgIpc) is 2.72. The molecule has 0 aromatic heterocycles. The van der Waals surface area contributed by atoms with E-state index >= 15 is 0 Å². The van der Waals surface area contributed by atoms with Gasteiger partial charge in [0.05, 0.1) is 13.0 Å². The number of hydrogen-bond acceptors (Lipinski definition) is 3. The minimum atomic E-state index is -0.231. The van der Waals surface area contributed by atoms with Gasteiger partial charge in [-0.05, 0) is 32.1 Å². The average molecular weight is 405 g/mol. The molecule has 0 bridgehead atoms. The molecule has 166 valence electrons. The summed E-state index contributed by atoms with van der Waals surface area (Å²) in [6, 6.07) is 0. The second-order valence-electron chi connectivity index (χ2n) is 7.66. The second-order valence-corrected chi connectivity index (χ2v) is 7.66. The van der Waals surface area contributed by atoms with E-state index in [0.717, 1.165) is 38.5 Å². The van der Waals surface area contributed by atoms with Gasteiger partial charge in [0.2, 0.25) is 0 Å². The molecule has 0 radical (unpaired) electrons. The van der Waals surface area contributed by atoms with Gasteiger partial charge in [-0.1, -0.05) is 95.2 Å². The van der Waals surface area contributed by atoms with E-state index < -0.39 is 0 Å². The maximum absolute atomic E-state index is 11.9. The Morgan fingerprint density at radius 2 is 1.24 bits per heavy atom. The summed E-state index contributed by atoms with van der Waals surface area (Å²) in [7, 11) is 0. The summed E-state index contributed by atoms with van der Waals surface area (Å²) in [4.78, 5) is 23.5. The van der Waals surface area contributed by atoms with Crippen molar-refractivity contribution in [3.63, 3.8) is 0 Å². The van der Waals surface area contributed by atoms with E-state index in [-0.39, 0.29) is 18.2 Å². The van der Waals surface area contributed by atoms with Crippen LogP contribution >= 0.6 is 0 Å². The van der Waals surface area contributed by atoms with Crippen molar-refractivity contribution in [1.29, 1.82) is 0 Å². The maximum atomic E-state index is 11.9. The fourth-order valence-electron chi connectivity index (χ4n) is 2.89. The fourth-order valence-corrected chi connectivity index (χ4v) is 2.89. The van der Waals surface area contributed by atoms with E-state index in [1.54, 1.807) is 0 Å². The van der Waals surface area contributed by atoms with Crippen LogP contribution in [0.15, 0.2) is 36.5 Å². The molecule has 0 atom stereocenters. The second kappa shape index (κ2) is 22.6. The highest BCUT2D eigenvalue weighted by Crippen LogP contribution is 2.07. The molecule has 29 heavy (non-hydrogen) atoms. The lowest BCUT2D eigenvalue weighted by Crippen LogP contribution is -2.09. The number of esters is 1. The van der Waals surface area contributed by atoms with Crippen LogP contribution in [0.5, 0.6) is 0 Å². The number of ketones is 1. The molecule has 0 amide bonds. The first-order valence-electron chi connectivity index (χ1n) is 11.9. The quantitative estimate of drug-likeness (QED) is 0.119. The summed E-state index contributed by atoms with van der Waals surface area (Å²) in [6.45, 7) is 4.90. The first-order valence-corrected chi connectivity index (χ1v) is 11.9. The molecule has 0 saturated heterocycles. The van der Waals surface area contributed by atoms with Gasteiger partial charge in [-0.15, -0.1) is 0 Å². The summed E-state index contributed by atoms with van der Waals surface area (Å²) in [5.74, 6) is -0.0621. The lowest BCUT2D eigenvalue weighted by molar-refractivity contribution is -0.145. The van der Waals surface area contributed by atoms with Gasteiger partial charge in [0.25, 0.3) is 0 Å². The zero-order valence-corrected chi connectivity index (χ0v) is 19.0. The highest BCUT2D eigenvalue weighted by atomic mass is 16.5. The molecule has 0 aromatic carbocycles. The normalized spacial score (nSPS) is 11.8. The van der Waals surface area contributed by atoms with Crippen LogP contribution in [0.2, 0.25) is 0 Å². The molecule has 0 rings (SSSR count). The lowest BCUT2D eigenvalue weighted by atomic mass is 10.1. The third kappa shape index (κ3) is 22.5. The van der Waals surface area contributed by atoms with Gasteiger partial charge in [0, 0.05) is 12.8 Å². The molecule has 0 saturated carbocycles. The first-order chi connectivity index (χ1) is 14.2. The topological polar surface area (TPSA) is 43.4 Å². The van der Waals surface area contributed by atoms with Gasteiger partial charge >= 0.3 is 5.97 Å². The highest BCUT2D eigenvalue weighted by Gasteiger charge is 2.07. The zero-order chi connectivity index (χ0) is 21.4. The Morgan fingerprint density at radius 3 is 1.93 bits per heavy atom. The van der Waals surface area contributed by atoms with Crippen molar-refractivity contribution < 1.29 is 14.3 Å². The van der Waals surface area contributed by atoms with Crippen LogP contribution in [0.25, 0.3) is 0 Å². The lowest BCUT2D eigenvalue weighted by Gasteiger charge is -2.05. The van der Waals surface area contributed by atoms with Crippen LogP contribution in [0.4, 0.5) is 0 Å². The Bertz CT molecular complexity index is 474. The van der Waals surface area contributed by atoms with Crippen molar-refractivity contribution in [3.8, 4) is 0 Å².